The fourth-order valence-electron chi connectivity index (χ4n) is 2.74. The molecular weight excluding hydrogens is 234 g/mol. The van der Waals surface area contributed by atoms with Crippen molar-refractivity contribution < 1.29 is 0 Å². The van der Waals surface area contributed by atoms with Crippen LogP contribution in [0, 0.1) is 6.92 Å². The zero-order valence-electron chi connectivity index (χ0n) is 12.5. The van der Waals surface area contributed by atoms with Crippen molar-refractivity contribution in [2.45, 2.75) is 39.9 Å². The summed E-state index contributed by atoms with van der Waals surface area (Å²) in [6, 6.07) is 7.30. The van der Waals surface area contributed by atoms with Crippen LogP contribution in [0.4, 0.5) is 0 Å². The molecule has 0 atom stereocenters. The molecule has 2 rings (SSSR count). The van der Waals surface area contributed by atoms with E-state index in [9.17, 15) is 0 Å². The molecule has 19 heavy (non-hydrogen) atoms. The molecular formula is C16H27N3. The van der Waals surface area contributed by atoms with E-state index in [0.29, 0.717) is 12.6 Å². The third-order valence-electron chi connectivity index (χ3n) is 4.17. The lowest BCUT2D eigenvalue weighted by atomic mass is 10.0. The van der Waals surface area contributed by atoms with Gasteiger partial charge in [0.1, 0.15) is 0 Å². The van der Waals surface area contributed by atoms with Crippen molar-refractivity contribution in [3.05, 3.63) is 34.9 Å². The SMILES string of the molecule is Cc1cc(CN)ccc1CN1CCN(C(C)C)CC1. The van der Waals surface area contributed by atoms with Gasteiger partial charge in [0.15, 0.2) is 0 Å². The van der Waals surface area contributed by atoms with Gasteiger partial charge in [-0.2, -0.15) is 0 Å². The molecule has 0 aromatic heterocycles. The van der Waals surface area contributed by atoms with E-state index in [2.05, 4.69) is 48.8 Å². The first kappa shape index (κ1) is 14.5. The predicted molar refractivity (Wildman–Crippen MR) is 81.1 cm³/mol. The number of rotatable bonds is 4. The van der Waals surface area contributed by atoms with Gasteiger partial charge in [-0.1, -0.05) is 18.2 Å². The van der Waals surface area contributed by atoms with E-state index in [1.807, 2.05) is 0 Å². The number of nitrogens with two attached hydrogens (primary N) is 1. The first-order valence-corrected chi connectivity index (χ1v) is 7.35. The van der Waals surface area contributed by atoms with Crippen molar-refractivity contribution >= 4 is 0 Å². The Morgan fingerprint density at radius 1 is 1.16 bits per heavy atom. The largest absolute Gasteiger partial charge is 0.326 e. The van der Waals surface area contributed by atoms with Crippen LogP contribution in [0.25, 0.3) is 0 Å². The fourth-order valence-corrected chi connectivity index (χ4v) is 2.74. The number of benzene rings is 1. The highest BCUT2D eigenvalue weighted by atomic mass is 15.3. The summed E-state index contributed by atoms with van der Waals surface area (Å²) in [5.41, 5.74) is 9.72. The van der Waals surface area contributed by atoms with Gasteiger partial charge in [0, 0.05) is 45.3 Å². The number of hydrogen-bond donors (Lipinski definition) is 1. The quantitative estimate of drug-likeness (QED) is 0.899. The molecule has 0 aliphatic carbocycles. The molecule has 0 saturated carbocycles. The molecule has 1 aromatic carbocycles. The third-order valence-corrected chi connectivity index (χ3v) is 4.17. The standard InChI is InChI=1S/C16H27N3/c1-13(2)19-8-6-18(7-9-19)12-16-5-4-15(11-17)10-14(16)3/h4-5,10,13H,6-9,11-12,17H2,1-3H3. The van der Waals surface area contributed by atoms with Gasteiger partial charge in [-0.05, 0) is 37.5 Å². The number of aryl methyl sites for hydroxylation is 1. The molecule has 0 unspecified atom stereocenters. The molecule has 0 amide bonds. The Balaban J connectivity index is 1.92. The first-order chi connectivity index (χ1) is 9.10. The van der Waals surface area contributed by atoms with E-state index >= 15 is 0 Å². The van der Waals surface area contributed by atoms with Gasteiger partial charge in [-0.25, -0.2) is 0 Å². The minimum atomic E-state index is 0.633. The van der Waals surface area contributed by atoms with Crippen molar-refractivity contribution in [2.24, 2.45) is 5.73 Å². The predicted octanol–water partition coefficient (Wildman–Crippen LogP) is 1.98. The Morgan fingerprint density at radius 3 is 2.37 bits per heavy atom. The second-order valence-corrected chi connectivity index (χ2v) is 5.87. The Labute approximate surface area is 117 Å². The van der Waals surface area contributed by atoms with E-state index in [0.717, 1.165) is 6.54 Å². The van der Waals surface area contributed by atoms with Gasteiger partial charge in [0.05, 0.1) is 0 Å². The lowest BCUT2D eigenvalue weighted by Gasteiger charge is -2.37. The fraction of sp³-hybridized carbons (Fsp3) is 0.625. The summed E-state index contributed by atoms with van der Waals surface area (Å²) in [5, 5.41) is 0. The van der Waals surface area contributed by atoms with Gasteiger partial charge in [-0.3, -0.25) is 9.80 Å². The van der Waals surface area contributed by atoms with Crippen molar-refractivity contribution in [3.8, 4) is 0 Å². The van der Waals surface area contributed by atoms with Crippen LogP contribution < -0.4 is 5.73 Å². The lowest BCUT2D eigenvalue weighted by Crippen LogP contribution is -2.48. The van der Waals surface area contributed by atoms with Gasteiger partial charge < -0.3 is 5.73 Å². The van der Waals surface area contributed by atoms with Gasteiger partial charge >= 0.3 is 0 Å². The summed E-state index contributed by atoms with van der Waals surface area (Å²) in [7, 11) is 0. The van der Waals surface area contributed by atoms with E-state index in [4.69, 9.17) is 5.73 Å². The molecule has 106 valence electrons. The number of piperazine rings is 1. The average Bonchev–Trinajstić information content (AvgIpc) is 2.41. The van der Waals surface area contributed by atoms with Crippen molar-refractivity contribution in [1.29, 1.82) is 0 Å². The maximum absolute atomic E-state index is 5.68. The Kier molecular flexibility index (Phi) is 4.97. The zero-order chi connectivity index (χ0) is 13.8. The summed E-state index contributed by atoms with van der Waals surface area (Å²) in [4.78, 5) is 5.12. The van der Waals surface area contributed by atoms with E-state index in [1.54, 1.807) is 0 Å². The second-order valence-electron chi connectivity index (χ2n) is 5.87. The Hall–Kier alpha value is -0.900. The summed E-state index contributed by atoms with van der Waals surface area (Å²) in [6.45, 7) is 13.2. The maximum atomic E-state index is 5.68. The highest BCUT2D eigenvalue weighted by Crippen LogP contribution is 2.15. The van der Waals surface area contributed by atoms with Gasteiger partial charge in [0.2, 0.25) is 0 Å². The molecule has 1 aliphatic heterocycles. The van der Waals surface area contributed by atoms with Crippen LogP contribution in [0.1, 0.15) is 30.5 Å². The molecule has 1 saturated heterocycles. The molecule has 1 aromatic rings. The molecule has 0 radical (unpaired) electrons. The minimum Gasteiger partial charge on any atom is -0.326 e. The Morgan fingerprint density at radius 2 is 1.84 bits per heavy atom. The smallest absolute Gasteiger partial charge is 0.0237 e. The van der Waals surface area contributed by atoms with Crippen LogP contribution in [0.3, 0.4) is 0 Å². The van der Waals surface area contributed by atoms with E-state index in [-0.39, 0.29) is 0 Å². The van der Waals surface area contributed by atoms with Crippen LogP contribution in [-0.2, 0) is 13.1 Å². The molecule has 1 heterocycles. The summed E-state index contributed by atoms with van der Waals surface area (Å²) < 4.78 is 0. The molecule has 0 bridgehead atoms. The summed E-state index contributed by atoms with van der Waals surface area (Å²) in [5.74, 6) is 0. The van der Waals surface area contributed by atoms with Gasteiger partial charge in [0.25, 0.3) is 0 Å². The van der Waals surface area contributed by atoms with Crippen molar-refractivity contribution in [3.63, 3.8) is 0 Å². The zero-order valence-corrected chi connectivity index (χ0v) is 12.5. The Bertz CT molecular complexity index is 406. The maximum Gasteiger partial charge on any atom is 0.0237 e. The highest BCUT2D eigenvalue weighted by molar-refractivity contribution is 5.31. The van der Waals surface area contributed by atoms with Crippen molar-refractivity contribution in [2.75, 3.05) is 26.2 Å². The topological polar surface area (TPSA) is 32.5 Å². The lowest BCUT2D eigenvalue weighted by molar-refractivity contribution is 0.104. The van der Waals surface area contributed by atoms with Crippen molar-refractivity contribution in [1.82, 2.24) is 9.80 Å². The van der Waals surface area contributed by atoms with Gasteiger partial charge in [-0.15, -0.1) is 0 Å². The normalized spacial score (nSPS) is 18.2. The number of hydrogen-bond acceptors (Lipinski definition) is 3. The molecule has 1 aliphatic rings. The molecule has 2 N–H and O–H groups in total. The molecule has 3 nitrogen and oxygen atoms in total. The van der Waals surface area contributed by atoms with Crippen LogP contribution in [0.2, 0.25) is 0 Å². The van der Waals surface area contributed by atoms with Crippen LogP contribution >= 0.6 is 0 Å². The van der Waals surface area contributed by atoms with Crippen LogP contribution in [-0.4, -0.2) is 42.0 Å². The third kappa shape index (κ3) is 3.78. The average molecular weight is 261 g/mol. The summed E-state index contributed by atoms with van der Waals surface area (Å²) >= 11 is 0. The summed E-state index contributed by atoms with van der Waals surface area (Å²) in [6.07, 6.45) is 0. The van der Waals surface area contributed by atoms with Crippen LogP contribution in [0.15, 0.2) is 18.2 Å². The monoisotopic (exact) mass is 261 g/mol. The second kappa shape index (κ2) is 6.51. The molecule has 0 spiro atoms. The number of nitrogens with zero attached hydrogens (tertiary/aromatic N) is 2. The van der Waals surface area contributed by atoms with E-state index < -0.39 is 0 Å². The van der Waals surface area contributed by atoms with Crippen LogP contribution in [0.5, 0.6) is 0 Å². The van der Waals surface area contributed by atoms with E-state index in [1.165, 1.54) is 42.9 Å². The minimum absolute atomic E-state index is 0.633. The first-order valence-electron chi connectivity index (χ1n) is 7.35. The molecule has 1 fully saturated rings. The highest BCUT2D eigenvalue weighted by Gasteiger charge is 2.18. The molecule has 3 heteroatoms.